The second-order valence-electron chi connectivity index (χ2n) is 3.17. The van der Waals surface area contributed by atoms with Crippen LogP contribution in [0.4, 0.5) is 5.69 Å². The molecule has 0 fully saturated rings. The Kier molecular flexibility index (Phi) is 4.45. The van der Waals surface area contributed by atoms with Crippen LogP contribution in [0.3, 0.4) is 0 Å². The molecule has 0 atom stereocenters. The van der Waals surface area contributed by atoms with Crippen molar-refractivity contribution in [3.8, 4) is 17.2 Å². The summed E-state index contributed by atoms with van der Waals surface area (Å²) in [5.41, 5.74) is 6.23. The minimum Gasteiger partial charge on any atom is -0.493 e. The summed E-state index contributed by atoms with van der Waals surface area (Å²) in [5.74, 6) is 0.429. The number of halogens is 1. The number of nitrogens with two attached hydrogens (primary N) is 1. The summed E-state index contributed by atoms with van der Waals surface area (Å²) in [4.78, 5) is 11.7. The maximum absolute atomic E-state index is 11.7. The van der Waals surface area contributed by atoms with Crippen LogP contribution in [-0.4, -0.2) is 33.0 Å². The smallest absolute Gasteiger partial charge is 0.204 e. The second-order valence-corrected chi connectivity index (χ2v) is 3.43. The van der Waals surface area contributed by atoms with Gasteiger partial charge in [-0.25, -0.2) is 0 Å². The monoisotopic (exact) mass is 259 g/mol. The molecule has 2 N–H and O–H groups in total. The van der Waals surface area contributed by atoms with Crippen molar-refractivity contribution in [1.82, 2.24) is 0 Å². The zero-order valence-corrected chi connectivity index (χ0v) is 10.6. The summed E-state index contributed by atoms with van der Waals surface area (Å²) in [6, 6.07) is 1.50. The number of alkyl halides is 1. The third-order valence-electron chi connectivity index (χ3n) is 2.26. The standard InChI is InChI=1S/C11H14ClNO4/c1-15-8-4-6(13)9(7(14)5-12)11(17-3)10(8)16-2/h4H,5,13H2,1-3H3. The van der Waals surface area contributed by atoms with Gasteiger partial charge < -0.3 is 19.9 Å². The van der Waals surface area contributed by atoms with Crippen LogP contribution in [0.2, 0.25) is 0 Å². The first-order valence-corrected chi connectivity index (χ1v) is 5.31. The molecule has 0 saturated heterocycles. The van der Waals surface area contributed by atoms with Crippen molar-refractivity contribution in [3.05, 3.63) is 11.6 Å². The highest BCUT2D eigenvalue weighted by Crippen LogP contribution is 2.43. The molecule has 0 aliphatic rings. The molecule has 0 spiro atoms. The molecule has 0 heterocycles. The minimum absolute atomic E-state index is 0.184. The molecule has 6 heteroatoms. The molecular formula is C11H14ClNO4. The lowest BCUT2D eigenvalue weighted by Gasteiger charge is -2.16. The average Bonchev–Trinajstić information content (AvgIpc) is 2.36. The van der Waals surface area contributed by atoms with Gasteiger partial charge in [0, 0.05) is 6.07 Å². The van der Waals surface area contributed by atoms with Gasteiger partial charge in [0.1, 0.15) is 0 Å². The number of hydrogen-bond acceptors (Lipinski definition) is 5. The molecule has 1 aromatic carbocycles. The number of ether oxygens (including phenoxy) is 3. The number of carbonyl (C=O) groups excluding carboxylic acids is 1. The minimum atomic E-state index is -0.332. The van der Waals surface area contributed by atoms with Crippen LogP contribution >= 0.6 is 11.6 Å². The number of benzene rings is 1. The van der Waals surface area contributed by atoms with Gasteiger partial charge in [-0.3, -0.25) is 4.79 Å². The van der Waals surface area contributed by atoms with Gasteiger partial charge in [0.05, 0.1) is 38.5 Å². The Morgan fingerprint density at radius 2 is 1.82 bits per heavy atom. The van der Waals surface area contributed by atoms with Gasteiger partial charge >= 0.3 is 0 Å². The van der Waals surface area contributed by atoms with Crippen LogP contribution in [0.15, 0.2) is 6.07 Å². The molecule has 0 aromatic heterocycles. The second kappa shape index (κ2) is 5.63. The summed E-state index contributed by atoms with van der Waals surface area (Å²) >= 11 is 5.52. The van der Waals surface area contributed by atoms with Gasteiger partial charge in [0.2, 0.25) is 5.75 Å². The maximum atomic E-state index is 11.7. The number of methoxy groups -OCH3 is 3. The van der Waals surface area contributed by atoms with Crippen LogP contribution in [0, 0.1) is 0 Å². The third kappa shape index (κ3) is 2.39. The zero-order chi connectivity index (χ0) is 13.0. The molecule has 0 aliphatic carbocycles. The zero-order valence-electron chi connectivity index (χ0n) is 9.87. The van der Waals surface area contributed by atoms with Gasteiger partial charge in [0.25, 0.3) is 0 Å². The van der Waals surface area contributed by atoms with Crippen molar-refractivity contribution in [2.45, 2.75) is 0 Å². The summed E-state index contributed by atoms with van der Waals surface area (Å²) < 4.78 is 15.4. The van der Waals surface area contributed by atoms with E-state index in [2.05, 4.69) is 0 Å². The van der Waals surface area contributed by atoms with Crippen molar-refractivity contribution in [3.63, 3.8) is 0 Å². The lowest BCUT2D eigenvalue weighted by molar-refractivity contribution is 0.101. The lowest BCUT2D eigenvalue weighted by Crippen LogP contribution is -2.09. The lowest BCUT2D eigenvalue weighted by atomic mass is 10.1. The fourth-order valence-electron chi connectivity index (χ4n) is 1.53. The van der Waals surface area contributed by atoms with Gasteiger partial charge in [0.15, 0.2) is 17.3 Å². The van der Waals surface area contributed by atoms with Crippen LogP contribution in [0.1, 0.15) is 10.4 Å². The van der Waals surface area contributed by atoms with E-state index in [0.29, 0.717) is 11.5 Å². The van der Waals surface area contributed by atoms with Crippen molar-refractivity contribution in [2.75, 3.05) is 32.9 Å². The molecule has 94 valence electrons. The van der Waals surface area contributed by atoms with Gasteiger partial charge in [-0.2, -0.15) is 0 Å². The molecule has 0 saturated carbocycles. The van der Waals surface area contributed by atoms with E-state index < -0.39 is 0 Å². The van der Waals surface area contributed by atoms with E-state index in [1.54, 1.807) is 0 Å². The van der Waals surface area contributed by atoms with Gasteiger partial charge in [-0.15, -0.1) is 11.6 Å². The topological polar surface area (TPSA) is 70.8 Å². The molecule has 5 nitrogen and oxygen atoms in total. The molecule has 0 unspecified atom stereocenters. The van der Waals surface area contributed by atoms with Crippen LogP contribution in [0.5, 0.6) is 17.2 Å². The SMILES string of the molecule is COc1cc(N)c(C(=O)CCl)c(OC)c1OC. The van der Waals surface area contributed by atoms with E-state index in [1.165, 1.54) is 27.4 Å². The summed E-state index contributed by atoms with van der Waals surface area (Å²) in [7, 11) is 4.34. The van der Waals surface area contributed by atoms with E-state index in [0.717, 1.165) is 0 Å². The number of ketones is 1. The van der Waals surface area contributed by atoms with Crippen molar-refractivity contribution < 1.29 is 19.0 Å². The Balaban J connectivity index is 3.54. The molecule has 0 aliphatic heterocycles. The molecule has 17 heavy (non-hydrogen) atoms. The Labute approximate surface area is 104 Å². The summed E-state index contributed by atoms with van der Waals surface area (Å²) in [6.07, 6.45) is 0. The normalized spacial score (nSPS) is 9.88. The molecule has 1 rings (SSSR count). The highest BCUT2D eigenvalue weighted by Gasteiger charge is 2.23. The first kappa shape index (κ1) is 13.4. The van der Waals surface area contributed by atoms with E-state index in [4.69, 9.17) is 31.5 Å². The Morgan fingerprint density at radius 1 is 1.24 bits per heavy atom. The first-order valence-electron chi connectivity index (χ1n) is 4.78. The molecule has 0 radical (unpaired) electrons. The largest absolute Gasteiger partial charge is 0.493 e. The fourth-order valence-corrected chi connectivity index (χ4v) is 1.66. The number of Topliss-reactive ketones (excluding diaryl/α,β-unsaturated/α-hetero) is 1. The maximum Gasteiger partial charge on any atom is 0.204 e. The number of carbonyl (C=O) groups is 1. The average molecular weight is 260 g/mol. The molecule has 0 bridgehead atoms. The number of nitrogen functional groups attached to an aromatic ring is 1. The first-order chi connectivity index (χ1) is 8.10. The Morgan fingerprint density at radius 3 is 2.24 bits per heavy atom. The van der Waals surface area contributed by atoms with E-state index in [9.17, 15) is 4.79 Å². The van der Waals surface area contributed by atoms with Gasteiger partial charge in [-0.05, 0) is 0 Å². The number of hydrogen-bond donors (Lipinski definition) is 1. The van der Waals surface area contributed by atoms with Crippen molar-refractivity contribution in [2.24, 2.45) is 0 Å². The molecule has 0 amide bonds. The van der Waals surface area contributed by atoms with Crippen LogP contribution < -0.4 is 19.9 Å². The summed E-state index contributed by atoms with van der Waals surface area (Å²) in [5, 5.41) is 0. The Hall–Kier alpha value is -1.62. The van der Waals surface area contributed by atoms with E-state index >= 15 is 0 Å². The van der Waals surface area contributed by atoms with Gasteiger partial charge in [-0.1, -0.05) is 0 Å². The van der Waals surface area contributed by atoms with Crippen LogP contribution in [0.25, 0.3) is 0 Å². The molecule has 1 aromatic rings. The quantitative estimate of drug-likeness (QED) is 0.495. The third-order valence-corrected chi connectivity index (χ3v) is 2.50. The van der Waals surface area contributed by atoms with E-state index in [1.807, 2.05) is 0 Å². The Bertz CT molecular complexity index is 434. The van der Waals surface area contributed by atoms with E-state index in [-0.39, 0.29) is 28.7 Å². The van der Waals surface area contributed by atoms with Crippen LogP contribution in [-0.2, 0) is 0 Å². The highest BCUT2D eigenvalue weighted by molar-refractivity contribution is 6.31. The highest BCUT2D eigenvalue weighted by atomic mass is 35.5. The van der Waals surface area contributed by atoms with Crippen molar-refractivity contribution >= 4 is 23.1 Å². The van der Waals surface area contributed by atoms with Crippen molar-refractivity contribution in [1.29, 1.82) is 0 Å². The summed E-state index contributed by atoms with van der Waals surface area (Å²) in [6.45, 7) is 0. The fraction of sp³-hybridized carbons (Fsp3) is 0.364. The molecular weight excluding hydrogens is 246 g/mol. The number of anilines is 1. The predicted octanol–water partition coefficient (Wildman–Crippen LogP) is 1.72. The number of rotatable bonds is 5. The predicted molar refractivity (Wildman–Crippen MR) is 65.6 cm³/mol.